The Morgan fingerprint density at radius 3 is 2.59 bits per heavy atom. The summed E-state index contributed by atoms with van der Waals surface area (Å²) in [6, 6.07) is 11.4. The Morgan fingerprint density at radius 1 is 1.09 bits per heavy atom. The fraction of sp³-hybridized carbons (Fsp3) is 0.407. The van der Waals surface area contributed by atoms with Crippen molar-refractivity contribution in [2.24, 2.45) is 5.41 Å². The molecule has 2 aliphatic carbocycles. The van der Waals surface area contributed by atoms with Gasteiger partial charge in [0.05, 0.1) is 23.0 Å². The third kappa shape index (κ3) is 3.58. The lowest BCUT2D eigenvalue weighted by Crippen LogP contribution is -2.63. The zero-order valence-electron chi connectivity index (χ0n) is 19.4. The first-order valence-corrected chi connectivity index (χ1v) is 11.9. The lowest BCUT2D eigenvalue weighted by atomic mass is 9.57. The minimum atomic E-state index is -0.479. The molecule has 1 aromatic heterocycles. The second-order valence-corrected chi connectivity index (χ2v) is 10.3. The lowest BCUT2D eigenvalue weighted by molar-refractivity contribution is -0.0567. The number of aromatic nitrogens is 2. The van der Waals surface area contributed by atoms with E-state index in [2.05, 4.69) is 11.2 Å². The third-order valence-electron chi connectivity index (χ3n) is 7.38. The van der Waals surface area contributed by atoms with E-state index >= 15 is 0 Å². The molecule has 3 aromatic rings. The van der Waals surface area contributed by atoms with Crippen molar-refractivity contribution in [1.82, 2.24) is 14.7 Å². The van der Waals surface area contributed by atoms with E-state index in [-0.39, 0.29) is 29.0 Å². The predicted octanol–water partition coefficient (Wildman–Crippen LogP) is 5.33. The summed E-state index contributed by atoms with van der Waals surface area (Å²) in [4.78, 5) is 14.9. The quantitative estimate of drug-likeness (QED) is 0.514. The first-order valence-electron chi connectivity index (χ1n) is 11.9. The highest BCUT2D eigenvalue weighted by atomic mass is 19.1. The monoisotopic (exact) mass is 463 g/mol. The Balaban J connectivity index is 1.16. The van der Waals surface area contributed by atoms with Gasteiger partial charge in [-0.05, 0) is 75.4 Å². The van der Waals surface area contributed by atoms with Crippen LogP contribution in [0.2, 0.25) is 0 Å². The second kappa shape index (κ2) is 7.65. The van der Waals surface area contributed by atoms with Crippen molar-refractivity contribution in [3.8, 4) is 11.4 Å². The number of amides is 1. The molecule has 0 N–H and O–H groups in total. The molecule has 1 aliphatic heterocycles. The Hall–Kier alpha value is -3.22. The largest absolute Gasteiger partial charge is 0.487 e. The predicted molar refractivity (Wildman–Crippen MR) is 123 cm³/mol. The van der Waals surface area contributed by atoms with Gasteiger partial charge < -0.3 is 9.64 Å². The number of hydrogen-bond donors (Lipinski definition) is 0. The van der Waals surface area contributed by atoms with Crippen LogP contribution in [-0.4, -0.2) is 39.8 Å². The van der Waals surface area contributed by atoms with Crippen molar-refractivity contribution in [3.63, 3.8) is 0 Å². The lowest BCUT2D eigenvalue weighted by Gasteiger charge is -2.59. The molecule has 0 radical (unpaired) electrons. The number of likely N-dealkylation sites (tertiary alicyclic amines) is 1. The number of aryl methyl sites for hydroxylation is 2. The van der Waals surface area contributed by atoms with E-state index in [0.717, 1.165) is 48.3 Å². The van der Waals surface area contributed by atoms with Gasteiger partial charge in [0.1, 0.15) is 5.82 Å². The first-order chi connectivity index (χ1) is 16.3. The van der Waals surface area contributed by atoms with E-state index in [9.17, 15) is 13.6 Å². The van der Waals surface area contributed by atoms with Crippen LogP contribution in [0, 0.1) is 30.9 Å². The highest BCUT2D eigenvalue weighted by Crippen LogP contribution is 2.56. The first kappa shape index (κ1) is 21.3. The number of carbonyl (C=O) groups is 1. The number of hydrogen-bond acceptors (Lipinski definition) is 3. The second-order valence-electron chi connectivity index (χ2n) is 10.3. The fourth-order valence-electron chi connectivity index (χ4n) is 5.49. The number of para-hydroxylation sites is 1. The van der Waals surface area contributed by atoms with Gasteiger partial charge in [0.2, 0.25) is 0 Å². The number of carbonyl (C=O) groups excluding carboxylic acids is 1. The molecule has 2 saturated carbocycles. The summed E-state index contributed by atoms with van der Waals surface area (Å²) in [5, 5.41) is 4.64. The molecule has 0 bridgehead atoms. The van der Waals surface area contributed by atoms with Gasteiger partial charge in [0, 0.05) is 30.1 Å². The Bertz CT molecular complexity index is 1280. The summed E-state index contributed by atoms with van der Waals surface area (Å²) < 4.78 is 35.9. The van der Waals surface area contributed by atoms with Crippen molar-refractivity contribution >= 4 is 5.91 Å². The van der Waals surface area contributed by atoms with Crippen molar-refractivity contribution in [3.05, 3.63) is 76.6 Å². The summed E-state index contributed by atoms with van der Waals surface area (Å²) >= 11 is 0. The van der Waals surface area contributed by atoms with Gasteiger partial charge in [0.25, 0.3) is 5.91 Å². The summed E-state index contributed by atoms with van der Waals surface area (Å²) in [5.41, 5.74) is 4.13. The molecule has 7 heteroatoms. The van der Waals surface area contributed by atoms with E-state index in [1.54, 1.807) is 23.1 Å². The topological polar surface area (TPSA) is 47.4 Å². The molecular weight excluding hydrogens is 436 g/mol. The van der Waals surface area contributed by atoms with Gasteiger partial charge in [-0.25, -0.2) is 13.5 Å². The van der Waals surface area contributed by atoms with E-state index in [1.165, 1.54) is 18.2 Å². The Morgan fingerprint density at radius 2 is 1.85 bits per heavy atom. The number of nitrogens with zero attached hydrogens (tertiary/aromatic N) is 3. The van der Waals surface area contributed by atoms with Crippen LogP contribution in [0.4, 0.5) is 8.78 Å². The number of rotatable bonds is 5. The molecule has 1 amide bonds. The van der Waals surface area contributed by atoms with Crippen molar-refractivity contribution in [2.75, 3.05) is 13.1 Å². The average Bonchev–Trinajstić information content (AvgIpc) is 3.49. The molecule has 3 aliphatic rings. The maximum absolute atomic E-state index is 14.4. The van der Waals surface area contributed by atoms with Crippen LogP contribution in [-0.2, 0) is 0 Å². The summed E-state index contributed by atoms with van der Waals surface area (Å²) in [7, 11) is 0. The minimum Gasteiger partial charge on any atom is -0.487 e. The van der Waals surface area contributed by atoms with E-state index in [1.807, 2.05) is 18.5 Å². The van der Waals surface area contributed by atoms with Gasteiger partial charge in [-0.2, -0.15) is 5.10 Å². The molecule has 2 heterocycles. The molecule has 1 saturated heterocycles. The van der Waals surface area contributed by atoms with Crippen LogP contribution < -0.4 is 4.74 Å². The highest BCUT2D eigenvalue weighted by molar-refractivity contribution is 5.97. The van der Waals surface area contributed by atoms with Gasteiger partial charge >= 0.3 is 0 Å². The maximum atomic E-state index is 14.4. The van der Waals surface area contributed by atoms with Crippen molar-refractivity contribution < 1.29 is 18.3 Å². The van der Waals surface area contributed by atoms with Crippen LogP contribution in [0.25, 0.3) is 5.69 Å². The molecule has 6 rings (SSSR count). The smallest absolute Gasteiger partial charge is 0.257 e. The molecule has 3 fully saturated rings. The van der Waals surface area contributed by atoms with Crippen molar-refractivity contribution in [2.45, 2.75) is 51.6 Å². The highest BCUT2D eigenvalue weighted by Gasteiger charge is 2.55. The average molecular weight is 464 g/mol. The van der Waals surface area contributed by atoms with Crippen molar-refractivity contribution in [1.29, 1.82) is 0 Å². The molecular formula is C27H27F2N3O2. The summed E-state index contributed by atoms with van der Waals surface area (Å²) in [5.74, 6) is -0.523. The van der Waals surface area contributed by atoms with Gasteiger partial charge in [-0.15, -0.1) is 0 Å². The molecule has 5 nitrogen and oxygen atoms in total. The summed E-state index contributed by atoms with van der Waals surface area (Å²) in [6.07, 6.45) is 3.73. The van der Waals surface area contributed by atoms with Crippen LogP contribution in [0.15, 0.2) is 42.5 Å². The zero-order chi connectivity index (χ0) is 23.6. The third-order valence-corrected chi connectivity index (χ3v) is 7.38. The fourth-order valence-corrected chi connectivity index (χ4v) is 5.49. The van der Waals surface area contributed by atoms with Gasteiger partial charge in [-0.1, -0.05) is 12.1 Å². The van der Waals surface area contributed by atoms with E-state index in [0.29, 0.717) is 24.6 Å². The van der Waals surface area contributed by atoms with Crippen LogP contribution in [0.1, 0.15) is 58.9 Å². The zero-order valence-corrected chi connectivity index (χ0v) is 19.4. The molecule has 1 spiro atoms. The number of benzene rings is 2. The van der Waals surface area contributed by atoms with Crippen LogP contribution >= 0.6 is 0 Å². The maximum Gasteiger partial charge on any atom is 0.257 e. The van der Waals surface area contributed by atoms with E-state index in [4.69, 9.17) is 4.74 Å². The van der Waals surface area contributed by atoms with Crippen LogP contribution in [0.3, 0.4) is 0 Å². The van der Waals surface area contributed by atoms with Gasteiger partial charge in [-0.3, -0.25) is 4.79 Å². The molecule has 0 unspecified atom stereocenters. The normalized spacial score (nSPS) is 19.1. The Kier molecular flexibility index (Phi) is 4.80. The molecule has 0 atom stereocenters. The summed E-state index contributed by atoms with van der Waals surface area (Å²) in [6.45, 7) is 5.23. The van der Waals surface area contributed by atoms with E-state index < -0.39 is 5.82 Å². The SMILES string of the molecule is Cc1cc(C2CC3(C2)CN(C(=O)c2cccc(F)c2OC2CC2)C3)n(-c2cc(F)ccc2C)n1. The molecule has 176 valence electrons. The molecule has 2 aromatic carbocycles. The van der Waals surface area contributed by atoms with Gasteiger partial charge in [0.15, 0.2) is 11.6 Å². The molecule has 34 heavy (non-hydrogen) atoms. The van der Waals surface area contributed by atoms with Crippen LogP contribution in [0.5, 0.6) is 5.75 Å². The Labute approximate surface area is 197 Å². The number of halogens is 2. The number of ether oxygens (including phenoxy) is 1. The standard InChI is InChI=1S/C27H27F2N3O2/c1-16-6-7-19(28)11-23(16)32-24(10-17(2)30-32)18-12-27(13-18)14-31(15-27)26(33)21-4-3-5-22(29)25(21)34-20-8-9-20/h3-7,10-11,18,20H,8-9,12-15H2,1-2H3. The minimum absolute atomic E-state index is 0.0219.